The number of benzene rings is 2. The summed E-state index contributed by atoms with van der Waals surface area (Å²) in [6, 6.07) is 16.5. The van der Waals surface area contributed by atoms with Crippen LogP contribution in [0, 0.1) is 11.7 Å². The van der Waals surface area contributed by atoms with E-state index in [0.29, 0.717) is 19.8 Å². The molecular formula is C24H26FN3O2. The van der Waals surface area contributed by atoms with Gasteiger partial charge < -0.3 is 10.1 Å². The number of nitrogens with zero attached hydrogens (tertiary/aromatic N) is 2. The Morgan fingerprint density at radius 3 is 2.80 bits per heavy atom. The number of fused-ring (bicyclic) bond motifs is 1. The molecule has 2 atom stereocenters. The number of carbonyl (C=O) groups excluding carboxylic acids is 1. The molecule has 1 amide bonds. The Morgan fingerprint density at radius 1 is 1.17 bits per heavy atom. The third-order valence-electron chi connectivity index (χ3n) is 5.55. The quantitative estimate of drug-likeness (QED) is 0.654. The molecule has 0 radical (unpaired) electrons. The van der Waals surface area contributed by atoms with Gasteiger partial charge in [-0.2, -0.15) is 0 Å². The summed E-state index contributed by atoms with van der Waals surface area (Å²) in [4.78, 5) is 18.9. The number of nitrogens with one attached hydrogen (secondary N) is 1. The third kappa shape index (κ3) is 5.01. The first kappa shape index (κ1) is 20.4. The molecule has 2 aromatic carbocycles. The zero-order chi connectivity index (χ0) is 20.9. The molecule has 0 saturated carbocycles. The second-order valence-electron chi connectivity index (χ2n) is 7.96. The lowest BCUT2D eigenvalue weighted by molar-refractivity contribution is -0.123. The largest absolute Gasteiger partial charge is 0.379 e. The highest BCUT2D eigenvalue weighted by molar-refractivity contribution is 5.82. The third-order valence-corrected chi connectivity index (χ3v) is 5.55. The maximum Gasteiger partial charge on any atom is 0.234 e. The van der Waals surface area contributed by atoms with Gasteiger partial charge in [-0.1, -0.05) is 30.3 Å². The lowest BCUT2D eigenvalue weighted by Gasteiger charge is -2.22. The van der Waals surface area contributed by atoms with Gasteiger partial charge in [0, 0.05) is 24.0 Å². The van der Waals surface area contributed by atoms with Crippen LogP contribution in [0.5, 0.6) is 0 Å². The van der Waals surface area contributed by atoms with Crippen molar-refractivity contribution < 1.29 is 13.9 Å². The lowest BCUT2D eigenvalue weighted by atomic mass is 9.93. The van der Waals surface area contributed by atoms with Crippen molar-refractivity contribution >= 4 is 16.8 Å². The minimum atomic E-state index is -0.256. The number of hydrogen-bond acceptors (Lipinski definition) is 4. The number of rotatable bonds is 7. The fraction of sp³-hybridized carbons (Fsp3) is 0.333. The van der Waals surface area contributed by atoms with Crippen LogP contribution in [-0.2, 0) is 22.5 Å². The van der Waals surface area contributed by atoms with Crippen LogP contribution in [0.3, 0.4) is 0 Å². The summed E-state index contributed by atoms with van der Waals surface area (Å²) in [7, 11) is 1.88. The Kier molecular flexibility index (Phi) is 6.35. The summed E-state index contributed by atoms with van der Waals surface area (Å²) >= 11 is 0. The van der Waals surface area contributed by atoms with E-state index in [-0.39, 0.29) is 30.2 Å². The Hall–Kier alpha value is -2.83. The van der Waals surface area contributed by atoms with Gasteiger partial charge in [0.2, 0.25) is 5.91 Å². The number of ether oxygens (including phenoxy) is 1. The molecule has 0 unspecified atom stereocenters. The molecule has 1 aromatic heterocycles. The topological polar surface area (TPSA) is 54.5 Å². The van der Waals surface area contributed by atoms with Gasteiger partial charge in [-0.05, 0) is 48.9 Å². The zero-order valence-electron chi connectivity index (χ0n) is 17.1. The molecule has 0 bridgehead atoms. The van der Waals surface area contributed by atoms with Crippen molar-refractivity contribution in [1.82, 2.24) is 15.2 Å². The van der Waals surface area contributed by atoms with Crippen molar-refractivity contribution in [1.29, 1.82) is 0 Å². The lowest BCUT2D eigenvalue weighted by Crippen LogP contribution is -2.44. The number of pyridine rings is 1. The van der Waals surface area contributed by atoms with Gasteiger partial charge in [-0.15, -0.1) is 0 Å². The Morgan fingerprint density at radius 2 is 1.97 bits per heavy atom. The Labute approximate surface area is 175 Å². The normalized spacial score (nSPS) is 18.8. The van der Waals surface area contributed by atoms with Gasteiger partial charge in [0.15, 0.2) is 0 Å². The fourth-order valence-corrected chi connectivity index (χ4v) is 4.03. The van der Waals surface area contributed by atoms with E-state index in [9.17, 15) is 9.18 Å². The van der Waals surface area contributed by atoms with Crippen LogP contribution in [-0.4, -0.2) is 48.6 Å². The monoisotopic (exact) mass is 407 g/mol. The molecule has 0 spiro atoms. The van der Waals surface area contributed by atoms with Crippen molar-refractivity contribution in [3.63, 3.8) is 0 Å². The van der Waals surface area contributed by atoms with E-state index >= 15 is 0 Å². The molecule has 1 N–H and O–H groups in total. The molecule has 5 nitrogen and oxygen atoms in total. The number of likely N-dealkylation sites (N-methyl/N-ethyl adjacent to an activating group) is 1. The second-order valence-corrected chi connectivity index (χ2v) is 7.96. The highest BCUT2D eigenvalue weighted by atomic mass is 19.1. The van der Waals surface area contributed by atoms with Crippen LogP contribution >= 0.6 is 0 Å². The van der Waals surface area contributed by atoms with Gasteiger partial charge in [0.1, 0.15) is 5.82 Å². The van der Waals surface area contributed by atoms with Crippen LogP contribution < -0.4 is 5.32 Å². The molecular weight excluding hydrogens is 381 g/mol. The van der Waals surface area contributed by atoms with E-state index in [1.54, 1.807) is 12.1 Å². The summed E-state index contributed by atoms with van der Waals surface area (Å²) in [6.07, 6.45) is 2.67. The van der Waals surface area contributed by atoms with Crippen LogP contribution in [0.2, 0.25) is 0 Å². The minimum absolute atomic E-state index is 0.0105. The zero-order valence-corrected chi connectivity index (χ0v) is 17.1. The molecule has 1 aliphatic rings. The molecule has 1 aliphatic heterocycles. The van der Waals surface area contributed by atoms with Crippen LogP contribution in [0.4, 0.5) is 4.39 Å². The van der Waals surface area contributed by atoms with Crippen molar-refractivity contribution in [2.45, 2.75) is 19.0 Å². The van der Waals surface area contributed by atoms with E-state index in [1.165, 1.54) is 17.7 Å². The number of carbonyl (C=O) groups is 1. The van der Waals surface area contributed by atoms with E-state index in [2.05, 4.69) is 22.4 Å². The highest BCUT2D eigenvalue weighted by Gasteiger charge is 2.30. The second kappa shape index (κ2) is 9.32. The Bertz CT molecular complexity index is 1000. The number of aromatic nitrogens is 1. The maximum absolute atomic E-state index is 13.0. The predicted octanol–water partition coefficient (Wildman–Crippen LogP) is 3.18. The standard InChI is InChI=1S/C24H26FN3O2/c1-28(13-17-6-8-20(25)9-7-17)14-24(29)27-23-16-30-15-19(23)12-18-10-11-26-22-5-3-2-4-21(18)22/h2-11,19,23H,12-16H2,1H3,(H,27,29)/t19-,23+/m1/s1. The van der Waals surface area contributed by atoms with Gasteiger partial charge in [0.25, 0.3) is 0 Å². The molecule has 0 aliphatic carbocycles. The SMILES string of the molecule is CN(CC(=O)N[C@H]1COC[C@H]1Cc1ccnc2ccccc12)Cc1ccc(F)cc1. The maximum atomic E-state index is 13.0. The number of halogens is 1. The number of hydrogen-bond donors (Lipinski definition) is 1. The summed E-state index contributed by atoms with van der Waals surface area (Å²) in [6.45, 7) is 2.02. The number of para-hydroxylation sites is 1. The molecule has 156 valence electrons. The van der Waals surface area contributed by atoms with Gasteiger partial charge in [-0.3, -0.25) is 14.7 Å². The van der Waals surface area contributed by atoms with E-state index in [4.69, 9.17) is 4.74 Å². The highest BCUT2D eigenvalue weighted by Crippen LogP contribution is 2.24. The van der Waals surface area contributed by atoms with E-state index in [0.717, 1.165) is 22.9 Å². The molecule has 4 rings (SSSR count). The molecule has 1 saturated heterocycles. The minimum Gasteiger partial charge on any atom is -0.379 e. The average Bonchev–Trinajstić information content (AvgIpc) is 3.16. The molecule has 6 heteroatoms. The van der Waals surface area contributed by atoms with Crippen molar-refractivity contribution in [3.05, 3.63) is 77.7 Å². The van der Waals surface area contributed by atoms with Gasteiger partial charge in [-0.25, -0.2) is 4.39 Å². The smallest absolute Gasteiger partial charge is 0.234 e. The van der Waals surface area contributed by atoms with Crippen molar-refractivity contribution in [2.75, 3.05) is 26.8 Å². The molecule has 30 heavy (non-hydrogen) atoms. The predicted molar refractivity (Wildman–Crippen MR) is 114 cm³/mol. The first-order chi connectivity index (χ1) is 14.6. The van der Waals surface area contributed by atoms with Gasteiger partial charge >= 0.3 is 0 Å². The average molecular weight is 407 g/mol. The van der Waals surface area contributed by atoms with Gasteiger partial charge in [0.05, 0.1) is 31.3 Å². The first-order valence-electron chi connectivity index (χ1n) is 10.2. The van der Waals surface area contributed by atoms with Crippen LogP contribution in [0.1, 0.15) is 11.1 Å². The fourth-order valence-electron chi connectivity index (χ4n) is 4.03. The van der Waals surface area contributed by atoms with E-state index in [1.807, 2.05) is 36.3 Å². The summed E-state index contributed by atoms with van der Waals surface area (Å²) in [5.41, 5.74) is 3.18. The summed E-state index contributed by atoms with van der Waals surface area (Å²) < 4.78 is 18.7. The van der Waals surface area contributed by atoms with E-state index < -0.39 is 0 Å². The first-order valence-corrected chi connectivity index (χ1v) is 10.2. The van der Waals surface area contributed by atoms with Crippen LogP contribution in [0.15, 0.2) is 60.8 Å². The Balaban J connectivity index is 1.34. The van der Waals surface area contributed by atoms with Crippen molar-refractivity contribution in [2.24, 2.45) is 5.92 Å². The van der Waals surface area contributed by atoms with Crippen molar-refractivity contribution in [3.8, 4) is 0 Å². The summed E-state index contributed by atoms with van der Waals surface area (Å²) in [5, 5.41) is 4.29. The number of amides is 1. The molecule has 1 fully saturated rings. The molecule has 2 heterocycles. The summed E-state index contributed by atoms with van der Waals surface area (Å²) in [5.74, 6) is -0.0599. The van der Waals surface area contributed by atoms with Crippen LogP contribution in [0.25, 0.3) is 10.9 Å². The molecule has 3 aromatic rings.